The Kier molecular flexibility index (Phi) is 7.55. The van der Waals surface area contributed by atoms with Crippen LogP contribution in [-0.4, -0.2) is 26.9 Å². The van der Waals surface area contributed by atoms with Crippen molar-refractivity contribution in [2.24, 2.45) is 0 Å². The van der Waals surface area contributed by atoms with Crippen molar-refractivity contribution in [2.45, 2.75) is 18.7 Å². The van der Waals surface area contributed by atoms with Crippen LogP contribution in [0.4, 0.5) is 17.1 Å². The van der Waals surface area contributed by atoms with Gasteiger partial charge in [-0.05, 0) is 43.3 Å². The van der Waals surface area contributed by atoms with Gasteiger partial charge in [0.2, 0.25) is 5.91 Å². The first-order valence-electron chi connectivity index (χ1n) is 8.80. The van der Waals surface area contributed by atoms with Crippen molar-refractivity contribution in [3.8, 4) is 6.07 Å². The van der Waals surface area contributed by atoms with Gasteiger partial charge in [-0.25, -0.2) is 13.2 Å². The smallest absolute Gasteiger partial charge is 0.350 e. The Hall–Kier alpha value is -3.84. The van der Waals surface area contributed by atoms with E-state index in [1.807, 2.05) is 0 Å². The number of para-hydroxylation sites is 2. The molecular formula is C20H20N4O5S. The first-order valence-corrected chi connectivity index (χ1v) is 10.3. The summed E-state index contributed by atoms with van der Waals surface area (Å²) in [6, 6.07) is 13.8. The van der Waals surface area contributed by atoms with Crippen LogP contribution in [0, 0.1) is 11.3 Å². The van der Waals surface area contributed by atoms with E-state index >= 15 is 0 Å². The Morgan fingerprint density at radius 1 is 1.10 bits per heavy atom. The molecule has 0 aromatic heterocycles. The first kappa shape index (κ1) is 22.4. The largest absolute Gasteiger partial charge is 0.462 e. The van der Waals surface area contributed by atoms with Crippen molar-refractivity contribution in [2.75, 3.05) is 22.0 Å². The van der Waals surface area contributed by atoms with E-state index in [0.717, 1.165) is 6.20 Å². The average Bonchev–Trinajstić information content (AvgIpc) is 2.69. The van der Waals surface area contributed by atoms with Crippen molar-refractivity contribution < 1.29 is 22.7 Å². The van der Waals surface area contributed by atoms with Crippen LogP contribution in [0.15, 0.2) is 65.2 Å². The predicted molar refractivity (Wildman–Crippen MR) is 112 cm³/mol. The van der Waals surface area contributed by atoms with Gasteiger partial charge in [-0.1, -0.05) is 12.1 Å². The lowest BCUT2D eigenvalue weighted by Gasteiger charge is -2.13. The van der Waals surface area contributed by atoms with Crippen molar-refractivity contribution in [3.05, 3.63) is 60.3 Å². The lowest BCUT2D eigenvalue weighted by Crippen LogP contribution is -2.14. The second-order valence-corrected chi connectivity index (χ2v) is 7.57. The molecule has 0 aliphatic heterocycles. The summed E-state index contributed by atoms with van der Waals surface area (Å²) in [7, 11) is -3.93. The Bertz CT molecular complexity index is 1100. The fourth-order valence-corrected chi connectivity index (χ4v) is 3.40. The molecule has 0 saturated heterocycles. The van der Waals surface area contributed by atoms with Gasteiger partial charge in [0.15, 0.2) is 5.57 Å². The van der Waals surface area contributed by atoms with Crippen LogP contribution in [0.5, 0.6) is 0 Å². The number of hydrogen-bond acceptors (Lipinski definition) is 7. The monoisotopic (exact) mass is 428 g/mol. The van der Waals surface area contributed by atoms with E-state index in [9.17, 15) is 18.0 Å². The van der Waals surface area contributed by atoms with Crippen LogP contribution in [0.2, 0.25) is 0 Å². The molecule has 3 N–H and O–H groups in total. The van der Waals surface area contributed by atoms with Crippen molar-refractivity contribution in [3.63, 3.8) is 0 Å². The minimum Gasteiger partial charge on any atom is -0.462 e. The highest BCUT2D eigenvalue weighted by molar-refractivity contribution is 7.92. The van der Waals surface area contributed by atoms with Crippen molar-refractivity contribution in [1.29, 1.82) is 5.26 Å². The molecule has 2 aromatic carbocycles. The number of sulfonamides is 1. The minimum atomic E-state index is -3.93. The summed E-state index contributed by atoms with van der Waals surface area (Å²) in [5.74, 6) is -1.05. The average molecular weight is 428 g/mol. The van der Waals surface area contributed by atoms with E-state index in [1.165, 1.54) is 37.3 Å². The lowest BCUT2D eigenvalue weighted by molar-refractivity contribution is -0.138. The quantitative estimate of drug-likeness (QED) is 0.334. The summed E-state index contributed by atoms with van der Waals surface area (Å²) in [5, 5.41) is 14.4. The molecular weight excluding hydrogens is 408 g/mol. The molecule has 156 valence electrons. The molecule has 0 heterocycles. The molecule has 0 aliphatic carbocycles. The third kappa shape index (κ3) is 6.08. The van der Waals surface area contributed by atoms with Gasteiger partial charge in [-0.15, -0.1) is 0 Å². The highest BCUT2D eigenvalue weighted by Gasteiger charge is 2.16. The normalized spacial score (nSPS) is 11.2. The summed E-state index contributed by atoms with van der Waals surface area (Å²) in [4.78, 5) is 22.8. The molecule has 2 rings (SSSR count). The van der Waals surface area contributed by atoms with E-state index in [2.05, 4.69) is 15.4 Å². The maximum atomic E-state index is 12.7. The molecule has 1 amide bonds. The molecule has 0 bridgehead atoms. The number of carbonyl (C=O) groups is 2. The molecule has 0 atom stereocenters. The minimum absolute atomic E-state index is 0.00816. The molecule has 0 spiro atoms. The number of carbonyl (C=O) groups excluding carboxylic acids is 2. The first-order chi connectivity index (χ1) is 14.3. The van der Waals surface area contributed by atoms with Crippen LogP contribution in [0.25, 0.3) is 0 Å². The number of ether oxygens (including phenoxy) is 1. The van der Waals surface area contributed by atoms with Gasteiger partial charge in [-0.2, -0.15) is 5.26 Å². The Morgan fingerprint density at radius 2 is 1.73 bits per heavy atom. The summed E-state index contributed by atoms with van der Waals surface area (Å²) in [6.45, 7) is 3.09. The molecule has 9 nitrogen and oxygen atoms in total. The van der Waals surface area contributed by atoms with Gasteiger partial charge >= 0.3 is 5.97 Å². The topological polar surface area (TPSA) is 137 Å². The van der Waals surface area contributed by atoms with E-state index in [0.29, 0.717) is 11.4 Å². The van der Waals surface area contributed by atoms with Gasteiger partial charge in [0.05, 0.1) is 22.9 Å². The van der Waals surface area contributed by atoms with Crippen LogP contribution in [0.1, 0.15) is 13.8 Å². The fraction of sp³-hybridized carbons (Fsp3) is 0.150. The summed E-state index contributed by atoms with van der Waals surface area (Å²) < 4.78 is 32.6. The summed E-state index contributed by atoms with van der Waals surface area (Å²) in [5.41, 5.74) is 0.744. The van der Waals surface area contributed by atoms with Crippen LogP contribution in [0.3, 0.4) is 0 Å². The Balaban J connectivity index is 2.24. The highest BCUT2D eigenvalue weighted by atomic mass is 32.2. The number of nitrogens with one attached hydrogen (secondary N) is 3. The standard InChI is InChI=1S/C20H20N4O5S/c1-3-29-20(26)15(12-21)13-22-18-6-4-5-7-19(18)24-30(27,28)17-10-8-16(9-11-17)23-14(2)25/h4-11,13,22,24H,3H2,1-2H3,(H,23,25)/b15-13+. The lowest BCUT2D eigenvalue weighted by atomic mass is 10.2. The number of amides is 1. The van der Waals surface area contributed by atoms with Gasteiger partial charge in [0.1, 0.15) is 6.07 Å². The molecule has 10 heteroatoms. The van der Waals surface area contributed by atoms with Crippen LogP contribution >= 0.6 is 0 Å². The SMILES string of the molecule is CCOC(=O)/C(C#N)=C/Nc1ccccc1NS(=O)(=O)c1ccc(NC(C)=O)cc1. The maximum Gasteiger partial charge on any atom is 0.350 e. The van der Waals surface area contributed by atoms with Gasteiger partial charge < -0.3 is 15.4 Å². The van der Waals surface area contributed by atoms with E-state index in [4.69, 9.17) is 10.00 Å². The third-order valence-corrected chi connectivity index (χ3v) is 5.03. The van der Waals surface area contributed by atoms with Gasteiger partial charge in [0.25, 0.3) is 10.0 Å². The molecule has 0 radical (unpaired) electrons. The molecule has 0 aliphatic rings. The van der Waals surface area contributed by atoms with Crippen LogP contribution < -0.4 is 15.4 Å². The fourth-order valence-electron chi connectivity index (χ4n) is 2.32. The van der Waals surface area contributed by atoms with E-state index in [-0.39, 0.29) is 28.7 Å². The zero-order valence-electron chi connectivity index (χ0n) is 16.3. The van der Waals surface area contributed by atoms with E-state index < -0.39 is 16.0 Å². The number of anilines is 3. The Labute approximate surface area is 174 Å². The maximum absolute atomic E-state index is 12.7. The molecule has 30 heavy (non-hydrogen) atoms. The third-order valence-electron chi connectivity index (χ3n) is 3.64. The molecule has 0 unspecified atom stereocenters. The van der Waals surface area contributed by atoms with Gasteiger partial charge in [-0.3, -0.25) is 9.52 Å². The summed E-state index contributed by atoms with van der Waals surface area (Å²) in [6.07, 6.45) is 1.15. The van der Waals surface area contributed by atoms with Crippen molar-refractivity contribution in [1.82, 2.24) is 0 Å². The predicted octanol–water partition coefficient (Wildman–Crippen LogP) is 2.83. The second-order valence-electron chi connectivity index (χ2n) is 5.89. The summed E-state index contributed by atoms with van der Waals surface area (Å²) >= 11 is 0. The zero-order chi connectivity index (χ0) is 22.1. The van der Waals surface area contributed by atoms with Crippen LogP contribution in [-0.2, 0) is 24.3 Å². The number of hydrogen-bond donors (Lipinski definition) is 3. The van der Waals surface area contributed by atoms with Gasteiger partial charge in [0, 0.05) is 18.8 Å². The second kappa shape index (κ2) is 10.1. The number of nitrogens with zero attached hydrogens (tertiary/aromatic N) is 1. The number of benzene rings is 2. The molecule has 0 saturated carbocycles. The molecule has 0 fully saturated rings. The molecule has 2 aromatic rings. The zero-order valence-corrected chi connectivity index (χ0v) is 17.1. The van der Waals surface area contributed by atoms with E-state index in [1.54, 1.807) is 31.2 Å². The number of nitriles is 1. The van der Waals surface area contributed by atoms with Crippen molar-refractivity contribution >= 4 is 39.0 Å². The number of rotatable bonds is 8. The Morgan fingerprint density at radius 3 is 2.30 bits per heavy atom. The highest BCUT2D eigenvalue weighted by Crippen LogP contribution is 2.25. The number of esters is 1.